The zero-order valence-electron chi connectivity index (χ0n) is 19.1. The molecule has 0 aliphatic heterocycles. The van der Waals surface area contributed by atoms with E-state index in [2.05, 4.69) is 5.32 Å². The van der Waals surface area contributed by atoms with Crippen LogP contribution in [0.5, 0.6) is 11.5 Å². The molecule has 2 aromatic rings. The lowest BCUT2D eigenvalue weighted by atomic mass is 10.1. The average molecular weight is 449 g/mol. The molecular formula is C23H32N2O5S. The number of hydrogen-bond acceptors (Lipinski definition) is 5. The highest BCUT2D eigenvalue weighted by Crippen LogP contribution is 2.29. The molecule has 1 N–H and O–H groups in total. The molecule has 0 aliphatic rings. The van der Waals surface area contributed by atoms with Gasteiger partial charge >= 0.3 is 0 Å². The molecule has 0 saturated carbocycles. The van der Waals surface area contributed by atoms with Gasteiger partial charge in [0.1, 0.15) is 6.04 Å². The van der Waals surface area contributed by atoms with Crippen LogP contribution in [0.15, 0.2) is 36.4 Å². The van der Waals surface area contributed by atoms with Crippen molar-refractivity contribution in [3.63, 3.8) is 0 Å². The van der Waals surface area contributed by atoms with Crippen molar-refractivity contribution in [3.05, 3.63) is 53.1 Å². The second-order valence-corrected chi connectivity index (χ2v) is 9.25. The SMILES string of the molecule is CCOc1ccc(CNC(=O)C(C)N(c2cc(C)ccc2C)S(C)(=O)=O)cc1OCC. The first-order valence-corrected chi connectivity index (χ1v) is 12.2. The van der Waals surface area contributed by atoms with Gasteiger partial charge in [0.15, 0.2) is 11.5 Å². The van der Waals surface area contributed by atoms with Crippen molar-refractivity contribution in [2.75, 3.05) is 23.8 Å². The number of sulfonamides is 1. The average Bonchev–Trinajstić information content (AvgIpc) is 2.70. The number of carbonyl (C=O) groups is 1. The fourth-order valence-electron chi connectivity index (χ4n) is 3.28. The molecule has 0 radical (unpaired) electrons. The summed E-state index contributed by atoms with van der Waals surface area (Å²) in [6, 6.07) is 10.1. The van der Waals surface area contributed by atoms with E-state index in [9.17, 15) is 13.2 Å². The summed E-state index contributed by atoms with van der Waals surface area (Å²) in [6.45, 7) is 10.3. The number of hydrogen-bond donors (Lipinski definition) is 1. The van der Waals surface area contributed by atoms with Gasteiger partial charge in [-0.2, -0.15) is 0 Å². The maximum absolute atomic E-state index is 12.9. The summed E-state index contributed by atoms with van der Waals surface area (Å²) < 4.78 is 37.5. The number of amides is 1. The molecule has 0 spiro atoms. The van der Waals surface area contributed by atoms with Crippen LogP contribution in [-0.4, -0.2) is 39.8 Å². The van der Waals surface area contributed by atoms with Crippen LogP contribution in [0.2, 0.25) is 0 Å². The molecule has 0 heterocycles. The fraction of sp³-hybridized carbons (Fsp3) is 0.435. The zero-order valence-corrected chi connectivity index (χ0v) is 19.9. The van der Waals surface area contributed by atoms with Crippen LogP contribution in [0, 0.1) is 13.8 Å². The maximum atomic E-state index is 12.9. The first-order chi connectivity index (χ1) is 14.6. The number of carbonyl (C=O) groups excluding carboxylic acids is 1. The van der Waals surface area contributed by atoms with Crippen molar-refractivity contribution < 1.29 is 22.7 Å². The number of aryl methyl sites for hydroxylation is 2. The van der Waals surface area contributed by atoms with E-state index in [0.717, 1.165) is 22.9 Å². The molecule has 0 saturated heterocycles. The van der Waals surface area contributed by atoms with Gasteiger partial charge in [0.25, 0.3) is 0 Å². The molecular weight excluding hydrogens is 416 g/mol. The normalized spacial score (nSPS) is 12.2. The first-order valence-electron chi connectivity index (χ1n) is 10.3. The number of benzene rings is 2. The largest absolute Gasteiger partial charge is 0.490 e. The summed E-state index contributed by atoms with van der Waals surface area (Å²) in [5.41, 5.74) is 3.03. The number of nitrogens with one attached hydrogen (secondary N) is 1. The van der Waals surface area contributed by atoms with Crippen molar-refractivity contribution in [1.29, 1.82) is 0 Å². The Bertz CT molecular complexity index is 1020. The van der Waals surface area contributed by atoms with Gasteiger partial charge in [-0.25, -0.2) is 8.42 Å². The second-order valence-electron chi connectivity index (χ2n) is 7.39. The summed E-state index contributed by atoms with van der Waals surface area (Å²) in [5.74, 6) is 0.862. The summed E-state index contributed by atoms with van der Waals surface area (Å²) in [4.78, 5) is 12.9. The van der Waals surface area contributed by atoms with Crippen LogP contribution in [0.3, 0.4) is 0 Å². The summed E-state index contributed by atoms with van der Waals surface area (Å²) in [5, 5.41) is 2.83. The third-order valence-electron chi connectivity index (χ3n) is 4.77. The highest BCUT2D eigenvalue weighted by atomic mass is 32.2. The van der Waals surface area contributed by atoms with Gasteiger partial charge in [0.05, 0.1) is 25.2 Å². The van der Waals surface area contributed by atoms with E-state index in [0.29, 0.717) is 30.4 Å². The highest BCUT2D eigenvalue weighted by Gasteiger charge is 2.30. The van der Waals surface area contributed by atoms with Gasteiger partial charge in [-0.1, -0.05) is 18.2 Å². The minimum Gasteiger partial charge on any atom is -0.490 e. The number of nitrogens with zero attached hydrogens (tertiary/aromatic N) is 1. The smallest absolute Gasteiger partial charge is 0.243 e. The molecule has 0 aromatic heterocycles. The molecule has 0 fully saturated rings. The Kier molecular flexibility index (Phi) is 8.33. The molecule has 170 valence electrons. The van der Waals surface area contributed by atoms with E-state index in [1.54, 1.807) is 19.1 Å². The Morgan fingerprint density at radius 1 is 1.03 bits per heavy atom. The first kappa shape index (κ1) is 24.5. The molecule has 31 heavy (non-hydrogen) atoms. The van der Waals surface area contributed by atoms with Crippen LogP contribution in [0.1, 0.15) is 37.5 Å². The van der Waals surface area contributed by atoms with Gasteiger partial charge in [-0.15, -0.1) is 0 Å². The van der Waals surface area contributed by atoms with Crippen LogP contribution in [0.4, 0.5) is 5.69 Å². The molecule has 1 atom stereocenters. The van der Waals surface area contributed by atoms with E-state index >= 15 is 0 Å². The quantitative estimate of drug-likeness (QED) is 0.601. The molecule has 2 aromatic carbocycles. The standard InChI is InChI=1S/C23H32N2O5S/c1-7-29-21-12-11-19(14-22(21)30-8-2)15-24-23(26)18(5)25(31(6,27)28)20-13-16(3)9-10-17(20)4/h9-14,18H,7-8,15H2,1-6H3,(H,24,26). The van der Waals surface area contributed by atoms with Crippen LogP contribution in [0.25, 0.3) is 0 Å². The minimum atomic E-state index is -3.67. The maximum Gasteiger partial charge on any atom is 0.243 e. The monoisotopic (exact) mass is 448 g/mol. The van der Waals surface area contributed by atoms with E-state index in [1.807, 2.05) is 52.0 Å². The van der Waals surface area contributed by atoms with Crippen molar-refractivity contribution in [1.82, 2.24) is 5.32 Å². The van der Waals surface area contributed by atoms with E-state index < -0.39 is 22.0 Å². The molecule has 0 aliphatic carbocycles. The van der Waals surface area contributed by atoms with Crippen LogP contribution in [-0.2, 0) is 21.4 Å². The summed E-state index contributed by atoms with van der Waals surface area (Å²) in [7, 11) is -3.67. The van der Waals surface area contributed by atoms with Crippen molar-refractivity contribution in [2.45, 2.75) is 47.2 Å². The second kappa shape index (κ2) is 10.5. The molecule has 1 unspecified atom stereocenters. The van der Waals surface area contributed by atoms with Crippen molar-refractivity contribution in [2.24, 2.45) is 0 Å². The Balaban J connectivity index is 2.21. The minimum absolute atomic E-state index is 0.236. The zero-order chi connectivity index (χ0) is 23.2. The van der Waals surface area contributed by atoms with Crippen molar-refractivity contribution in [3.8, 4) is 11.5 Å². The third kappa shape index (κ3) is 6.37. The van der Waals surface area contributed by atoms with Crippen LogP contribution >= 0.6 is 0 Å². The predicted molar refractivity (Wildman–Crippen MR) is 123 cm³/mol. The Morgan fingerprint density at radius 3 is 2.29 bits per heavy atom. The Morgan fingerprint density at radius 2 is 1.68 bits per heavy atom. The van der Waals surface area contributed by atoms with Gasteiger partial charge < -0.3 is 14.8 Å². The Hall–Kier alpha value is -2.74. The molecule has 7 nitrogen and oxygen atoms in total. The fourth-order valence-corrected chi connectivity index (χ4v) is 4.50. The predicted octanol–water partition coefficient (Wildman–Crippen LogP) is 3.57. The van der Waals surface area contributed by atoms with E-state index in [-0.39, 0.29) is 6.54 Å². The molecule has 0 bridgehead atoms. The third-order valence-corrected chi connectivity index (χ3v) is 5.99. The lowest BCUT2D eigenvalue weighted by Gasteiger charge is -2.29. The molecule has 8 heteroatoms. The van der Waals surface area contributed by atoms with Gasteiger partial charge in [0, 0.05) is 6.54 Å². The van der Waals surface area contributed by atoms with E-state index in [4.69, 9.17) is 9.47 Å². The number of rotatable bonds is 10. The topological polar surface area (TPSA) is 84.9 Å². The van der Waals surface area contributed by atoms with Gasteiger partial charge in [-0.05, 0) is 69.5 Å². The number of anilines is 1. The van der Waals surface area contributed by atoms with Crippen LogP contribution < -0.4 is 19.1 Å². The highest BCUT2D eigenvalue weighted by molar-refractivity contribution is 7.92. The Labute approximate surface area is 185 Å². The summed E-state index contributed by atoms with van der Waals surface area (Å²) >= 11 is 0. The lowest BCUT2D eigenvalue weighted by Crippen LogP contribution is -2.48. The van der Waals surface area contributed by atoms with Gasteiger partial charge in [0.2, 0.25) is 15.9 Å². The molecule has 1 amide bonds. The van der Waals surface area contributed by atoms with Crippen molar-refractivity contribution >= 4 is 21.6 Å². The number of ether oxygens (including phenoxy) is 2. The van der Waals surface area contributed by atoms with Gasteiger partial charge in [-0.3, -0.25) is 9.10 Å². The van der Waals surface area contributed by atoms with E-state index in [1.165, 1.54) is 4.31 Å². The molecule has 2 rings (SSSR count). The summed E-state index contributed by atoms with van der Waals surface area (Å²) in [6.07, 6.45) is 1.11. The lowest BCUT2D eigenvalue weighted by molar-refractivity contribution is -0.122.